The molecule has 0 bridgehead atoms. The predicted octanol–water partition coefficient (Wildman–Crippen LogP) is 2.64. The van der Waals surface area contributed by atoms with E-state index in [1.165, 1.54) is 0 Å². The van der Waals surface area contributed by atoms with Crippen LogP contribution in [0, 0.1) is 0 Å². The van der Waals surface area contributed by atoms with Crippen LogP contribution < -0.4 is 5.32 Å². The average Bonchev–Trinajstić information content (AvgIpc) is 2.50. The second-order valence-corrected chi connectivity index (χ2v) is 5.50. The molecular formula is C16H27N3O2. The van der Waals surface area contributed by atoms with Crippen LogP contribution in [0.1, 0.15) is 19.4 Å². The van der Waals surface area contributed by atoms with Crippen LogP contribution in [-0.4, -0.2) is 56.2 Å². The van der Waals surface area contributed by atoms with Gasteiger partial charge in [0.05, 0.1) is 0 Å². The van der Waals surface area contributed by atoms with E-state index in [0.717, 1.165) is 17.8 Å². The molecule has 1 amide bonds. The fourth-order valence-electron chi connectivity index (χ4n) is 1.68. The molecule has 0 aliphatic carbocycles. The Kier molecular flexibility index (Phi) is 7.02. The van der Waals surface area contributed by atoms with Gasteiger partial charge in [0.2, 0.25) is 0 Å². The van der Waals surface area contributed by atoms with E-state index < -0.39 is 0 Å². The third kappa shape index (κ3) is 6.04. The molecule has 0 radical (unpaired) electrons. The minimum absolute atomic E-state index is 0.287. The molecular weight excluding hydrogens is 266 g/mol. The number of amides is 1. The van der Waals surface area contributed by atoms with Gasteiger partial charge in [-0.3, -0.25) is 0 Å². The van der Waals surface area contributed by atoms with Crippen molar-refractivity contribution in [3.05, 3.63) is 29.8 Å². The number of rotatable bonds is 7. The van der Waals surface area contributed by atoms with Crippen LogP contribution in [0.15, 0.2) is 24.3 Å². The molecule has 0 aromatic heterocycles. The summed E-state index contributed by atoms with van der Waals surface area (Å²) in [5.74, 6) is 0. The SMILES string of the molecule is CNc1ccc(COC(=O)N(C)CCN(C)C(C)C)cc1. The molecule has 1 aromatic rings. The van der Waals surface area contributed by atoms with Crippen molar-refractivity contribution in [1.82, 2.24) is 9.80 Å². The summed E-state index contributed by atoms with van der Waals surface area (Å²) in [6.45, 7) is 6.06. The Morgan fingerprint density at radius 2 is 1.81 bits per heavy atom. The summed E-state index contributed by atoms with van der Waals surface area (Å²) in [6.07, 6.45) is -0.287. The van der Waals surface area contributed by atoms with Gasteiger partial charge in [0, 0.05) is 38.9 Å². The summed E-state index contributed by atoms with van der Waals surface area (Å²) in [4.78, 5) is 15.7. The van der Waals surface area contributed by atoms with Crippen molar-refractivity contribution in [3.63, 3.8) is 0 Å². The zero-order valence-electron chi connectivity index (χ0n) is 13.7. The van der Waals surface area contributed by atoms with Gasteiger partial charge >= 0.3 is 6.09 Å². The molecule has 1 rings (SSSR count). The van der Waals surface area contributed by atoms with E-state index >= 15 is 0 Å². The number of benzene rings is 1. The number of carbonyl (C=O) groups is 1. The first kappa shape index (κ1) is 17.3. The Hall–Kier alpha value is -1.75. The molecule has 0 saturated carbocycles. The summed E-state index contributed by atoms with van der Waals surface area (Å²) >= 11 is 0. The van der Waals surface area contributed by atoms with Crippen molar-refractivity contribution in [1.29, 1.82) is 0 Å². The minimum atomic E-state index is -0.287. The average molecular weight is 293 g/mol. The van der Waals surface area contributed by atoms with Crippen LogP contribution in [-0.2, 0) is 11.3 Å². The lowest BCUT2D eigenvalue weighted by atomic mass is 10.2. The zero-order chi connectivity index (χ0) is 15.8. The zero-order valence-corrected chi connectivity index (χ0v) is 13.7. The second-order valence-electron chi connectivity index (χ2n) is 5.50. The fourth-order valence-corrected chi connectivity index (χ4v) is 1.68. The van der Waals surface area contributed by atoms with Gasteiger partial charge in [-0.25, -0.2) is 4.79 Å². The molecule has 0 aliphatic rings. The second kappa shape index (κ2) is 8.52. The van der Waals surface area contributed by atoms with Gasteiger partial charge in [0.25, 0.3) is 0 Å². The summed E-state index contributed by atoms with van der Waals surface area (Å²) in [5, 5.41) is 3.05. The minimum Gasteiger partial charge on any atom is -0.445 e. The predicted molar refractivity (Wildman–Crippen MR) is 86.6 cm³/mol. The van der Waals surface area contributed by atoms with Gasteiger partial charge in [0.1, 0.15) is 6.61 Å². The van der Waals surface area contributed by atoms with E-state index in [1.807, 2.05) is 38.4 Å². The fraction of sp³-hybridized carbons (Fsp3) is 0.562. The first-order chi connectivity index (χ1) is 9.93. The van der Waals surface area contributed by atoms with E-state index in [-0.39, 0.29) is 6.09 Å². The molecule has 0 aliphatic heterocycles. The Bertz CT molecular complexity index is 432. The topological polar surface area (TPSA) is 44.8 Å². The smallest absolute Gasteiger partial charge is 0.409 e. The Morgan fingerprint density at radius 3 is 2.33 bits per heavy atom. The van der Waals surface area contributed by atoms with E-state index in [9.17, 15) is 4.79 Å². The maximum Gasteiger partial charge on any atom is 0.409 e. The van der Waals surface area contributed by atoms with Gasteiger partial charge in [-0.15, -0.1) is 0 Å². The van der Waals surface area contributed by atoms with Crippen molar-refractivity contribution in [2.45, 2.75) is 26.5 Å². The van der Waals surface area contributed by atoms with E-state index in [4.69, 9.17) is 4.74 Å². The number of nitrogens with zero attached hydrogens (tertiary/aromatic N) is 2. The normalized spacial score (nSPS) is 10.8. The Morgan fingerprint density at radius 1 is 1.19 bits per heavy atom. The van der Waals surface area contributed by atoms with E-state index in [0.29, 0.717) is 19.2 Å². The molecule has 0 atom stereocenters. The molecule has 1 N–H and O–H groups in total. The van der Waals surface area contributed by atoms with Gasteiger partial charge in [-0.2, -0.15) is 0 Å². The maximum absolute atomic E-state index is 11.9. The number of ether oxygens (including phenoxy) is 1. The summed E-state index contributed by atoms with van der Waals surface area (Å²) < 4.78 is 5.30. The number of nitrogens with one attached hydrogen (secondary N) is 1. The highest BCUT2D eigenvalue weighted by atomic mass is 16.6. The largest absolute Gasteiger partial charge is 0.445 e. The van der Waals surface area contributed by atoms with Crippen molar-refractivity contribution < 1.29 is 9.53 Å². The molecule has 5 nitrogen and oxygen atoms in total. The van der Waals surface area contributed by atoms with Crippen molar-refractivity contribution in [3.8, 4) is 0 Å². The van der Waals surface area contributed by atoms with Crippen LogP contribution in [0.2, 0.25) is 0 Å². The lowest BCUT2D eigenvalue weighted by Crippen LogP contribution is -2.37. The molecule has 118 valence electrons. The molecule has 21 heavy (non-hydrogen) atoms. The summed E-state index contributed by atoms with van der Waals surface area (Å²) in [7, 11) is 5.69. The third-order valence-corrected chi connectivity index (χ3v) is 3.59. The first-order valence-electron chi connectivity index (χ1n) is 7.29. The molecule has 0 fully saturated rings. The van der Waals surface area contributed by atoms with E-state index in [1.54, 1.807) is 11.9 Å². The van der Waals surface area contributed by atoms with Crippen molar-refractivity contribution in [2.75, 3.05) is 39.5 Å². The van der Waals surface area contributed by atoms with Gasteiger partial charge in [0.15, 0.2) is 0 Å². The van der Waals surface area contributed by atoms with Crippen LogP contribution in [0.3, 0.4) is 0 Å². The third-order valence-electron chi connectivity index (χ3n) is 3.59. The number of anilines is 1. The molecule has 0 unspecified atom stereocenters. The van der Waals surface area contributed by atoms with Crippen molar-refractivity contribution >= 4 is 11.8 Å². The van der Waals surface area contributed by atoms with Crippen LogP contribution in [0.5, 0.6) is 0 Å². The molecule has 1 aromatic carbocycles. The monoisotopic (exact) mass is 293 g/mol. The quantitative estimate of drug-likeness (QED) is 0.839. The summed E-state index contributed by atoms with van der Waals surface area (Å²) in [5.41, 5.74) is 2.02. The number of likely N-dealkylation sites (N-methyl/N-ethyl adjacent to an activating group) is 2. The molecule has 0 heterocycles. The lowest BCUT2D eigenvalue weighted by molar-refractivity contribution is 0.100. The van der Waals surface area contributed by atoms with Gasteiger partial charge in [-0.1, -0.05) is 12.1 Å². The van der Waals surface area contributed by atoms with Crippen LogP contribution in [0.4, 0.5) is 10.5 Å². The van der Waals surface area contributed by atoms with Gasteiger partial charge in [-0.05, 0) is 38.6 Å². The van der Waals surface area contributed by atoms with Crippen LogP contribution in [0.25, 0.3) is 0 Å². The number of hydrogen-bond donors (Lipinski definition) is 1. The highest BCUT2D eigenvalue weighted by Crippen LogP contribution is 2.10. The standard InChI is InChI=1S/C16H27N3O2/c1-13(2)18(4)10-11-19(5)16(20)21-12-14-6-8-15(17-3)9-7-14/h6-9,13,17H,10-12H2,1-5H3. The van der Waals surface area contributed by atoms with E-state index in [2.05, 4.69) is 24.1 Å². The van der Waals surface area contributed by atoms with Crippen LogP contribution >= 0.6 is 0 Å². The van der Waals surface area contributed by atoms with Crippen molar-refractivity contribution in [2.24, 2.45) is 0 Å². The highest BCUT2D eigenvalue weighted by molar-refractivity contribution is 5.67. The first-order valence-corrected chi connectivity index (χ1v) is 7.29. The Labute approximate surface area is 127 Å². The molecule has 0 spiro atoms. The maximum atomic E-state index is 11.9. The summed E-state index contributed by atoms with van der Waals surface area (Å²) in [6, 6.07) is 8.30. The van der Waals surface area contributed by atoms with Gasteiger partial charge < -0.3 is 19.9 Å². The highest BCUT2D eigenvalue weighted by Gasteiger charge is 2.12. The molecule has 0 saturated heterocycles. The Balaban J connectivity index is 2.34. The molecule has 5 heteroatoms. The lowest BCUT2D eigenvalue weighted by Gasteiger charge is -2.24. The number of hydrogen-bond acceptors (Lipinski definition) is 4. The number of carbonyl (C=O) groups excluding carboxylic acids is 1.